The fourth-order valence-electron chi connectivity index (χ4n) is 2.32. The van der Waals surface area contributed by atoms with E-state index in [9.17, 15) is 0 Å². The third kappa shape index (κ3) is 3.92. The van der Waals surface area contributed by atoms with Gasteiger partial charge >= 0.3 is 0 Å². The van der Waals surface area contributed by atoms with Crippen molar-refractivity contribution in [2.24, 2.45) is 0 Å². The molecular weight excluding hydrogens is 422 g/mol. The highest BCUT2D eigenvalue weighted by Gasteiger charge is 2.10. The van der Waals surface area contributed by atoms with Gasteiger partial charge in [-0.05, 0) is 30.4 Å². The normalized spacial score (nSPS) is 11.0. The molecule has 0 bridgehead atoms. The highest BCUT2D eigenvalue weighted by Crippen LogP contribution is 2.32. The molecule has 0 aliphatic heterocycles. The Balaban J connectivity index is 1.49. The summed E-state index contributed by atoms with van der Waals surface area (Å²) in [5, 5.41) is 8.35. The van der Waals surface area contributed by atoms with Crippen molar-refractivity contribution in [3.63, 3.8) is 0 Å². The predicted octanol–water partition coefficient (Wildman–Crippen LogP) is 6.73. The minimum atomic E-state index is 0.723. The first-order valence-electron chi connectivity index (χ1n) is 7.68. The van der Waals surface area contributed by atoms with Crippen LogP contribution in [0, 0.1) is 3.95 Å². The van der Waals surface area contributed by atoms with Crippen LogP contribution in [0.4, 0.5) is 0 Å². The van der Waals surface area contributed by atoms with E-state index < -0.39 is 0 Å². The van der Waals surface area contributed by atoms with Crippen LogP contribution in [0.25, 0.3) is 16.3 Å². The zero-order valence-corrected chi connectivity index (χ0v) is 17.4. The Morgan fingerprint density at radius 1 is 1.08 bits per heavy atom. The first-order chi connectivity index (χ1) is 12.7. The van der Waals surface area contributed by atoms with Gasteiger partial charge < -0.3 is 0 Å². The van der Waals surface area contributed by atoms with E-state index >= 15 is 0 Å². The van der Waals surface area contributed by atoms with Crippen molar-refractivity contribution in [3.8, 4) is 16.3 Å². The second-order valence-corrected chi connectivity index (χ2v) is 9.40. The van der Waals surface area contributed by atoms with Gasteiger partial charge in [0.1, 0.15) is 5.01 Å². The van der Waals surface area contributed by atoms with Crippen LogP contribution in [-0.2, 0) is 5.75 Å². The molecule has 0 amide bonds. The van der Waals surface area contributed by atoms with Crippen molar-refractivity contribution < 1.29 is 0 Å². The van der Waals surface area contributed by atoms with E-state index in [1.54, 1.807) is 27.8 Å². The maximum absolute atomic E-state index is 6.26. The molecule has 2 aromatic carbocycles. The van der Waals surface area contributed by atoms with Gasteiger partial charge in [0.2, 0.25) is 0 Å². The largest absolute Gasteiger partial charge is 0.240 e. The van der Waals surface area contributed by atoms with Gasteiger partial charge in [-0.2, -0.15) is 0 Å². The summed E-state index contributed by atoms with van der Waals surface area (Å²) in [6.07, 6.45) is 0. The van der Waals surface area contributed by atoms with E-state index in [2.05, 4.69) is 10.5 Å². The van der Waals surface area contributed by atoms with Crippen molar-refractivity contribution in [2.75, 3.05) is 0 Å². The molecule has 2 heterocycles. The van der Waals surface area contributed by atoms with E-state index in [0.29, 0.717) is 0 Å². The number of rotatable bonds is 5. The Morgan fingerprint density at radius 2 is 1.85 bits per heavy atom. The SMILES string of the molecule is S=c1sc(SCc2csc(-c3ccccc3Cl)n2)nn1-c1ccccc1. The maximum atomic E-state index is 6.26. The summed E-state index contributed by atoms with van der Waals surface area (Å²) < 4.78 is 3.48. The summed E-state index contributed by atoms with van der Waals surface area (Å²) in [4.78, 5) is 4.70. The maximum Gasteiger partial charge on any atom is 0.184 e. The van der Waals surface area contributed by atoms with Crippen LogP contribution in [0.3, 0.4) is 0 Å². The molecule has 26 heavy (non-hydrogen) atoms. The number of thioether (sulfide) groups is 1. The van der Waals surface area contributed by atoms with Gasteiger partial charge in [0.05, 0.1) is 16.4 Å². The molecule has 0 spiro atoms. The smallest absolute Gasteiger partial charge is 0.184 e. The molecule has 0 saturated carbocycles. The number of para-hydroxylation sites is 1. The van der Waals surface area contributed by atoms with Crippen LogP contribution >= 0.6 is 58.3 Å². The molecule has 3 nitrogen and oxygen atoms in total. The van der Waals surface area contributed by atoms with E-state index in [0.717, 1.165) is 41.0 Å². The summed E-state index contributed by atoms with van der Waals surface area (Å²) in [6.45, 7) is 0. The number of aromatic nitrogens is 3. The number of nitrogens with zero attached hydrogens (tertiary/aromatic N) is 3. The average Bonchev–Trinajstić information content (AvgIpc) is 3.28. The number of benzene rings is 2. The van der Waals surface area contributed by atoms with Crippen molar-refractivity contribution in [3.05, 3.63) is 74.6 Å². The van der Waals surface area contributed by atoms with Crippen LogP contribution < -0.4 is 0 Å². The third-order valence-corrected chi connectivity index (χ3v) is 7.18. The number of halogens is 1. The van der Waals surface area contributed by atoms with Crippen LogP contribution in [0.5, 0.6) is 0 Å². The average molecular weight is 434 g/mol. The quantitative estimate of drug-likeness (QED) is 0.258. The van der Waals surface area contributed by atoms with Gasteiger partial charge in [0.25, 0.3) is 0 Å². The molecule has 0 unspecified atom stereocenters. The molecule has 4 rings (SSSR count). The lowest BCUT2D eigenvalue weighted by Crippen LogP contribution is -1.95. The molecule has 0 atom stereocenters. The lowest BCUT2D eigenvalue weighted by molar-refractivity contribution is 0.829. The minimum absolute atomic E-state index is 0.723. The Hall–Kier alpha value is -1.51. The molecule has 130 valence electrons. The molecule has 0 aliphatic rings. The van der Waals surface area contributed by atoms with E-state index in [1.165, 1.54) is 11.3 Å². The molecular formula is C18H12ClN3S4. The number of thiazole rings is 1. The fraction of sp³-hybridized carbons (Fsp3) is 0.0556. The van der Waals surface area contributed by atoms with Gasteiger partial charge in [0.15, 0.2) is 8.29 Å². The van der Waals surface area contributed by atoms with Gasteiger partial charge in [-0.1, -0.05) is 71.1 Å². The summed E-state index contributed by atoms with van der Waals surface area (Å²) in [5.41, 5.74) is 2.97. The monoisotopic (exact) mass is 433 g/mol. The summed E-state index contributed by atoms with van der Waals surface area (Å²) in [5.74, 6) is 0.748. The molecule has 0 aliphatic carbocycles. The van der Waals surface area contributed by atoms with Crippen molar-refractivity contribution in [2.45, 2.75) is 10.1 Å². The van der Waals surface area contributed by atoms with Crippen molar-refractivity contribution in [1.29, 1.82) is 0 Å². The standard InChI is InChI=1S/C18H12ClN3S4/c19-15-9-5-4-8-14(15)16-20-12(10-24-16)11-25-17-21-22(18(23)26-17)13-6-2-1-3-7-13/h1-10H,11H2. The minimum Gasteiger partial charge on any atom is -0.240 e. The molecule has 0 saturated heterocycles. The van der Waals surface area contributed by atoms with Gasteiger partial charge in [-0.15, -0.1) is 16.4 Å². The van der Waals surface area contributed by atoms with Crippen molar-refractivity contribution in [1.82, 2.24) is 14.8 Å². The van der Waals surface area contributed by atoms with E-state index in [4.69, 9.17) is 28.8 Å². The second-order valence-electron chi connectivity index (χ2n) is 5.29. The lowest BCUT2D eigenvalue weighted by atomic mass is 10.2. The van der Waals surface area contributed by atoms with Crippen molar-refractivity contribution >= 4 is 58.3 Å². The third-order valence-electron chi connectivity index (χ3n) is 3.53. The Labute approximate surface area is 173 Å². The molecule has 0 radical (unpaired) electrons. The molecule has 8 heteroatoms. The van der Waals surface area contributed by atoms with E-state index in [-0.39, 0.29) is 0 Å². The summed E-state index contributed by atoms with van der Waals surface area (Å²) in [7, 11) is 0. The molecule has 4 aromatic rings. The second kappa shape index (κ2) is 8.02. The predicted molar refractivity (Wildman–Crippen MR) is 114 cm³/mol. The van der Waals surface area contributed by atoms with Crippen LogP contribution in [0.2, 0.25) is 5.02 Å². The van der Waals surface area contributed by atoms with Crippen LogP contribution in [0.1, 0.15) is 5.69 Å². The number of hydrogen-bond donors (Lipinski definition) is 0. The lowest BCUT2D eigenvalue weighted by Gasteiger charge is -1.99. The van der Waals surface area contributed by atoms with Crippen LogP contribution in [-0.4, -0.2) is 14.8 Å². The topological polar surface area (TPSA) is 30.7 Å². The fourth-order valence-corrected chi connectivity index (χ4v) is 5.82. The summed E-state index contributed by atoms with van der Waals surface area (Å²) >= 11 is 16.5. The zero-order valence-electron chi connectivity index (χ0n) is 13.3. The molecule has 0 fully saturated rings. The first kappa shape index (κ1) is 17.9. The van der Waals surface area contributed by atoms with E-state index in [1.807, 2.05) is 54.6 Å². The van der Waals surface area contributed by atoms with Gasteiger partial charge in [-0.3, -0.25) is 0 Å². The Morgan fingerprint density at radius 3 is 2.65 bits per heavy atom. The van der Waals surface area contributed by atoms with Crippen LogP contribution in [0.15, 0.2) is 64.3 Å². The highest BCUT2D eigenvalue weighted by molar-refractivity contribution is 8.00. The molecule has 2 aromatic heterocycles. The Kier molecular flexibility index (Phi) is 5.52. The number of hydrogen-bond acceptors (Lipinski definition) is 6. The zero-order chi connectivity index (χ0) is 17.9. The summed E-state index contributed by atoms with van der Waals surface area (Å²) in [6, 6.07) is 17.7. The molecule has 0 N–H and O–H groups in total. The Bertz CT molecular complexity index is 1090. The first-order valence-corrected chi connectivity index (χ1v) is 11.2. The highest BCUT2D eigenvalue weighted by atomic mass is 35.5. The van der Waals surface area contributed by atoms with Gasteiger partial charge in [0, 0.05) is 16.7 Å². The van der Waals surface area contributed by atoms with Gasteiger partial charge in [-0.25, -0.2) is 9.67 Å².